The Kier molecular flexibility index (Phi) is 2.50. The maximum atomic E-state index is 11.9. The number of fused-ring (bicyclic) bond motifs is 1. The van der Waals surface area contributed by atoms with E-state index < -0.39 is 5.41 Å². The minimum absolute atomic E-state index is 0.0314. The smallest absolute Gasteiger partial charge is 0.231 e. The van der Waals surface area contributed by atoms with Crippen LogP contribution in [0.25, 0.3) is 0 Å². The molecule has 0 unspecified atom stereocenters. The number of benzene rings is 1. The maximum Gasteiger partial charge on any atom is 0.231 e. The van der Waals surface area contributed by atoms with E-state index in [-0.39, 0.29) is 5.91 Å². The number of rotatable bonds is 1. The lowest BCUT2D eigenvalue weighted by Crippen LogP contribution is -2.34. The molecule has 4 heteroatoms. The highest BCUT2D eigenvalue weighted by Gasteiger charge is 2.30. The largest absolute Gasteiger partial charge is 0.497 e. The van der Waals surface area contributed by atoms with Crippen molar-refractivity contribution in [3.8, 4) is 5.75 Å². The Labute approximate surface area is 95.0 Å². The van der Waals surface area contributed by atoms with Gasteiger partial charge < -0.3 is 15.4 Å². The van der Waals surface area contributed by atoms with E-state index >= 15 is 0 Å². The van der Waals surface area contributed by atoms with Crippen molar-refractivity contribution in [1.29, 1.82) is 0 Å². The van der Waals surface area contributed by atoms with Crippen LogP contribution < -0.4 is 15.4 Å². The highest BCUT2D eigenvalue weighted by atomic mass is 16.5. The van der Waals surface area contributed by atoms with Gasteiger partial charge in [-0.3, -0.25) is 4.79 Å². The highest BCUT2D eigenvalue weighted by molar-refractivity contribution is 5.99. The van der Waals surface area contributed by atoms with Gasteiger partial charge in [0.25, 0.3) is 0 Å². The molecule has 0 fully saturated rings. The van der Waals surface area contributed by atoms with E-state index in [9.17, 15) is 4.79 Å². The standard InChI is InChI=1S/C12H16N2O2/c1-12(2)7-13-10-6-8(16-3)4-5-9(10)14-11(12)15/h4-6,13H,7H2,1-3H3,(H,14,15). The SMILES string of the molecule is COc1ccc2c(c1)NCC(C)(C)C(=O)N2. The molecule has 4 nitrogen and oxygen atoms in total. The van der Waals surface area contributed by atoms with Crippen LogP contribution in [0.2, 0.25) is 0 Å². The first kappa shape index (κ1) is 10.8. The number of carbonyl (C=O) groups excluding carboxylic acids is 1. The lowest BCUT2D eigenvalue weighted by atomic mass is 9.93. The first-order valence-electron chi connectivity index (χ1n) is 5.26. The second kappa shape index (κ2) is 3.70. The number of hydrogen-bond donors (Lipinski definition) is 2. The third-order valence-corrected chi connectivity index (χ3v) is 2.81. The molecular weight excluding hydrogens is 204 g/mol. The van der Waals surface area contributed by atoms with Gasteiger partial charge >= 0.3 is 0 Å². The number of hydrogen-bond acceptors (Lipinski definition) is 3. The van der Waals surface area contributed by atoms with Crippen molar-refractivity contribution in [2.45, 2.75) is 13.8 Å². The van der Waals surface area contributed by atoms with Gasteiger partial charge in [0, 0.05) is 12.6 Å². The lowest BCUT2D eigenvalue weighted by molar-refractivity contribution is -0.123. The van der Waals surface area contributed by atoms with Gasteiger partial charge in [-0.1, -0.05) is 0 Å². The number of anilines is 2. The normalized spacial score (nSPS) is 17.8. The predicted molar refractivity (Wildman–Crippen MR) is 63.9 cm³/mol. The van der Waals surface area contributed by atoms with Crippen LogP contribution in [0.3, 0.4) is 0 Å². The van der Waals surface area contributed by atoms with Crippen molar-refractivity contribution in [3.63, 3.8) is 0 Å². The molecule has 1 aliphatic rings. The Hall–Kier alpha value is -1.71. The second-order valence-corrected chi connectivity index (χ2v) is 4.60. The first-order valence-corrected chi connectivity index (χ1v) is 5.26. The molecule has 16 heavy (non-hydrogen) atoms. The molecule has 1 aliphatic heterocycles. The van der Waals surface area contributed by atoms with Crippen molar-refractivity contribution >= 4 is 17.3 Å². The van der Waals surface area contributed by atoms with Crippen LogP contribution in [0.4, 0.5) is 11.4 Å². The number of ether oxygens (including phenoxy) is 1. The Bertz CT molecular complexity index is 427. The number of nitrogens with one attached hydrogen (secondary N) is 2. The molecule has 1 amide bonds. The fraction of sp³-hybridized carbons (Fsp3) is 0.417. The molecule has 0 radical (unpaired) electrons. The molecule has 1 aromatic carbocycles. The molecule has 0 saturated carbocycles. The van der Waals surface area contributed by atoms with Crippen molar-refractivity contribution in [3.05, 3.63) is 18.2 Å². The quantitative estimate of drug-likeness (QED) is 0.762. The van der Waals surface area contributed by atoms with Gasteiger partial charge in [0.1, 0.15) is 5.75 Å². The summed E-state index contributed by atoms with van der Waals surface area (Å²) in [4.78, 5) is 11.9. The first-order chi connectivity index (χ1) is 7.53. The Morgan fingerprint density at radius 2 is 2.06 bits per heavy atom. The summed E-state index contributed by atoms with van der Waals surface area (Å²) in [5, 5.41) is 6.16. The van der Waals surface area contributed by atoms with Crippen LogP contribution in [0.5, 0.6) is 5.75 Å². The average Bonchev–Trinajstić information content (AvgIpc) is 2.37. The molecule has 0 aliphatic carbocycles. The van der Waals surface area contributed by atoms with Gasteiger partial charge in [0.2, 0.25) is 5.91 Å². The zero-order valence-electron chi connectivity index (χ0n) is 9.76. The zero-order chi connectivity index (χ0) is 11.8. The molecular formula is C12H16N2O2. The molecule has 0 aromatic heterocycles. The zero-order valence-corrected chi connectivity index (χ0v) is 9.76. The summed E-state index contributed by atoms with van der Waals surface area (Å²) in [6.07, 6.45) is 0. The maximum absolute atomic E-state index is 11.9. The van der Waals surface area contributed by atoms with Crippen molar-refractivity contribution in [2.75, 3.05) is 24.3 Å². The van der Waals surface area contributed by atoms with Gasteiger partial charge in [-0.2, -0.15) is 0 Å². The van der Waals surface area contributed by atoms with Crippen molar-refractivity contribution in [2.24, 2.45) is 5.41 Å². The molecule has 0 bridgehead atoms. The van der Waals surface area contributed by atoms with Gasteiger partial charge in [0.15, 0.2) is 0 Å². The van der Waals surface area contributed by atoms with Crippen molar-refractivity contribution in [1.82, 2.24) is 0 Å². The summed E-state index contributed by atoms with van der Waals surface area (Å²) >= 11 is 0. The lowest BCUT2D eigenvalue weighted by Gasteiger charge is -2.19. The molecule has 2 N–H and O–H groups in total. The number of amides is 1. The molecule has 86 valence electrons. The number of methoxy groups -OCH3 is 1. The molecule has 0 atom stereocenters. The minimum Gasteiger partial charge on any atom is -0.497 e. The molecule has 0 spiro atoms. The summed E-state index contributed by atoms with van der Waals surface area (Å²) in [5.41, 5.74) is 1.29. The topological polar surface area (TPSA) is 50.4 Å². The van der Waals surface area contributed by atoms with Crippen LogP contribution in [0.15, 0.2) is 18.2 Å². The number of carbonyl (C=O) groups is 1. The fourth-order valence-electron chi connectivity index (χ4n) is 1.59. The Balaban J connectivity index is 2.37. The molecule has 1 heterocycles. The van der Waals surface area contributed by atoms with Gasteiger partial charge in [0.05, 0.1) is 23.9 Å². The van der Waals surface area contributed by atoms with E-state index in [2.05, 4.69) is 10.6 Å². The molecule has 1 aromatic rings. The summed E-state index contributed by atoms with van der Waals surface area (Å²) in [6.45, 7) is 4.44. The third-order valence-electron chi connectivity index (χ3n) is 2.81. The van der Waals surface area contributed by atoms with Crippen LogP contribution in [-0.2, 0) is 4.79 Å². The summed E-state index contributed by atoms with van der Waals surface area (Å²) < 4.78 is 5.15. The third kappa shape index (κ3) is 1.83. The summed E-state index contributed by atoms with van der Waals surface area (Å²) in [6, 6.07) is 5.57. The fourth-order valence-corrected chi connectivity index (χ4v) is 1.59. The van der Waals surface area contributed by atoms with Gasteiger partial charge in [-0.25, -0.2) is 0 Å². The van der Waals surface area contributed by atoms with E-state index in [1.165, 1.54) is 0 Å². The van der Waals surface area contributed by atoms with Crippen LogP contribution >= 0.6 is 0 Å². The van der Waals surface area contributed by atoms with E-state index in [1.54, 1.807) is 7.11 Å². The molecule has 0 saturated heterocycles. The van der Waals surface area contributed by atoms with E-state index in [0.29, 0.717) is 6.54 Å². The van der Waals surface area contributed by atoms with E-state index in [0.717, 1.165) is 17.1 Å². The molecule has 2 rings (SSSR count). The average molecular weight is 220 g/mol. The second-order valence-electron chi connectivity index (χ2n) is 4.60. The van der Waals surface area contributed by atoms with Crippen LogP contribution in [-0.4, -0.2) is 19.6 Å². The van der Waals surface area contributed by atoms with Crippen LogP contribution in [0.1, 0.15) is 13.8 Å². The van der Waals surface area contributed by atoms with E-state index in [4.69, 9.17) is 4.74 Å². The van der Waals surface area contributed by atoms with Gasteiger partial charge in [-0.15, -0.1) is 0 Å². The minimum atomic E-state index is -0.410. The van der Waals surface area contributed by atoms with Crippen molar-refractivity contribution < 1.29 is 9.53 Å². The van der Waals surface area contributed by atoms with Gasteiger partial charge in [-0.05, 0) is 26.0 Å². The summed E-state index contributed by atoms with van der Waals surface area (Å²) in [5.74, 6) is 0.809. The van der Waals surface area contributed by atoms with E-state index in [1.807, 2.05) is 32.0 Å². The Morgan fingerprint density at radius 1 is 1.31 bits per heavy atom. The summed E-state index contributed by atoms with van der Waals surface area (Å²) in [7, 11) is 1.63. The Morgan fingerprint density at radius 3 is 2.75 bits per heavy atom. The predicted octanol–water partition coefficient (Wildman–Crippen LogP) is 2.09. The highest BCUT2D eigenvalue weighted by Crippen LogP contribution is 2.32. The van der Waals surface area contributed by atoms with Crippen LogP contribution in [0, 0.1) is 5.41 Å². The monoisotopic (exact) mass is 220 g/mol.